The molecule has 1 N–H and O–H groups in total. The van der Waals surface area contributed by atoms with Gasteiger partial charge in [0.25, 0.3) is 5.56 Å². The summed E-state index contributed by atoms with van der Waals surface area (Å²) < 4.78 is 6.96. The number of H-pyrrole nitrogens is 1. The van der Waals surface area contributed by atoms with Crippen LogP contribution in [0.15, 0.2) is 10.9 Å². The molecule has 1 aliphatic heterocycles. The SMILES string of the molecule is CCc1c(C)nc2cc(C3CCOCC3)[nH]n2c1=O. The van der Waals surface area contributed by atoms with E-state index in [1.165, 1.54) is 0 Å². The highest BCUT2D eigenvalue weighted by molar-refractivity contribution is 5.42. The third kappa shape index (κ3) is 2.08. The van der Waals surface area contributed by atoms with Crippen molar-refractivity contribution in [1.82, 2.24) is 14.6 Å². The predicted octanol–water partition coefficient (Wildman–Crippen LogP) is 1.79. The second kappa shape index (κ2) is 4.81. The summed E-state index contributed by atoms with van der Waals surface area (Å²) in [6, 6.07) is 2.00. The quantitative estimate of drug-likeness (QED) is 0.896. The topological polar surface area (TPSA) is 59.4 Å². The van der Waals surface area contributed by atoms with Gasteiger partial charge in [0.1, 0.15) is 0 Å². The average molecular weight is 261 g/mol. The zero-order valence-electron chi connectivity index (χ0n) is 11.4. The van der Waals surface area contributed by atoms with Crippen molar-refractivity contribution >= 4 is 5.65 Å². The number of aryl methyl sites for hydroxylation is 1. The van der Waals surface area contributed by atoms with E-state index in [-0.39, 0.29) is 5.56 Å². The Hall–Kier alpha value is -1.62. The van der Waals surface area contributed by atoms with E-state index in [9.17, 15) is 4.79 Å². The molecule has 0 amide bonds. The summed E-state index contributed by atoms with van der Waals surface area (Å²) in [6.45, 7) is 5.48. The maximum absolute atomic E-state index is 12.3. The van der Waals surface area contributed by atoms with Crippen LogP contribution in [-0.4, -0.2) is 27.8 Å². The number of ether oxygens (including phenoxy) is 1. The van der Waals surface area contributed by atoms with Gasteiger partial charge in [-0.3, -0.25) is 9.89 Å². The molecular weight excluding hydrogens is 242 g/mol. The lowest BCUT2D eigenvalue weighted by Gasteiger charge is -2.20. The third-order valence-corrected chi connectivity index (χ3v) is 3.95. The Kier molecular flexibility index (Phi) is 3.14. The van der Waals surface area contributed by atoms with Crippen molar-refractivity contribution in [3.63, 3.8) is 0 Å². The van der Waals surface area contributed by atoms with Crippen molar-refractivity contribution in [3.05, 3.63) is 33.4 Å². The second-order valence-corrected chi connectivity index (χ2v) is 5.13. The van der Waals surface area contributed by atoms with Gasteiger partial charge in [-0.15, -0.1) is 0 Å². The predicted molar refractivity (Wildman–Crippen MR) is 72.7 cm³/mol. The van der Waals surface area contributed by atoms with Crippen LogP contribution >= 0.6 is 0 Å². The highest BCUT2D eigenvalue weighted by atomic mass is 16.5. The average Bonchev–Trinajstić information content (AvgIpc) is 2.84. The van der Waals surface area contributed by atoms with E-state index in [0.29, 0.717) is 12.3 Å². The Bertz CT molecular complexity index is 650. The number of rotatable bonds is 2. The minimum atomic E-state index is 0.0308. The first-order chi connectivity index (χ1) is 9.20. The van der Waals surface area contributed by atoms with Crippen LogP contribution in [0.2, 0.25) is 0 Å². The highest BCUT2D eigenvalue weighted by Crippen LogP contribution is 2.26. The number of hydrogen-bond acceptors (Lipinski definition) is 3. The molecule has 19 heavy (non-hydrogen) atoms. The molecule has 0 saturated carbocycles. The van der Waals surface area contributed by atoms with Crippen molar-refractivity contribution in [2.45, 2.75) is 39.0 Å². The molecule has 102 valence electrons. The molecule has 2 aromatic rings. The van der Waals surface area contributed by atoms with Gasteiger partial charge < -0.3 is 4.74 Å². The van der Waals surface area contributed by atoms with Gasteiger partial charge in [-0.2, -0.15) is 0 Å². The normalized spacial score (nSPS) is 17.2. The van der Waals surface area contributed by atoms with Crippen molar-refractivity contribution < 1.29 is 4.74 Å². The number of hydrogen-bond donors (Lipinski definition) is 1. The Morgan fingerprint density at radius 3 is 2.89 bits per heavy atom. The van der Waals surface area contributed by atoms with Gasteiger partial charge in [0.05, 0.1) is 0 Å². The maximum Gasteiger partial charge on any atom is 0.276 e. The lowest BCUT2D eigenvalue weighted by atomic mass is 9.97. The molecule has 1 aliphatic rings. The van der Waals surface area contributed by atoms with Gasteiger partial charge in [-0.1, -0.05) is 6.92 Å². The number of aromatic nitrogens is 3. The van der Waals surface area contributed by atoms with E-state index in [0.717, 1.165) is 48.7 Å². The van der Waals surface area contributed by atoms with Crippen LogP contribution in [0.3, 0.4) is 0 Å². The Morgan fingerprint density at radius 1 is 1.47 bits per heavy atom. The maximum atomic E-state index is 12.3. The summed E-state index contributed by atoms with van der Waals surface area (Å²) in [6.07, 6.45) is 2.72. The molecule has 0 aliphatic carbocycles. The van der Waals surface area contributed by atoms with Crippen LogP contribution in [0.4, 0.5) is 0 Å². The van der Waals surface area contributed by atoms with Gasteiger partial charge in [-0.05, 0) is 26.2 Å². The molecule has 2 aromatic heterocycles. The van der Waals surface area contributed by atoms with Crippen molar-refractivity contribution in [2.24, 2.45) is 0 Å². The minimum Gasteiger partial charge on any atom is -0.381 e. The number of aromatic amines is 1. The Balaban J connectivity index is 2.10. The number of fused-ring (bicyclic) bond motifs is 1. The minimum absolute atomic E-state index is 0.0308. The Morgan fingerprint density at radius 2 is 2.21 bits per heavy atom. The van der Waals surface area contributed by atoms with Gasteiger partial charge >= 0.3 is 0 Å². The molecule has 0 spiro atoms. The van der Waals surface area contributed by atoms with Gasteiger partial charge in [0.15, 0.2) is 5.65 Å². The molecule has 0 radical (unpaired) electrons. The van der Waals surface area contributed by atoms with Crippen LogP contribution < -0.4 is 5.56 Å². The molecule has 0 atom stereocenters. The smallest absolute Gasteiger partial charge is 0.276 e. The van der Waals surface area contributed by atoms with E-state index in [4.69, 9.17) is 4.74 Å². The van der Waals surface area contributed by atoms with Crippen LogP contribution in [0, 0.1) is 6.92 Å². The fourth-order valence-electron chi connectivity index (χ4n) is 2.81. The van der Waals surface area contributed by atoms with Crippen LogP contribution in [0.5, 0.6) is 0 Å². The third-order valence-electron chi connectivity index (χ3n) is 3.95. The molecule has 1 saturated heterocycles. The summed E-state index contributed by atoms with van der Waals surface area (Å²) >= 11 is 0. The molecular formula is C14H19N3O2. The molecule has 0 unspecified atom stereocenters. The van der Waals surface area contributed by atoms with Crippen LogP contribution in [-0.2, 0) is 11.2 Å². The van der Waals surface area contributed by atoms with E-state index in [1.54, 1.807) is 4.52 Å². The van der Waals surface area contributed by atoms with Gasteiger partial charge in [0.2, 0.25) is 0 Å². The largest absolute Gasteiger partial charge is 0.381 e. The number of nitrogens with zero attached hydrogens (tertiary/aromatic N) is 2. The molecule has 5 nitrogen and oxygen atoms in total. The summed E-state index contributed by atoms with van der Waals surface area (Å²) in [5.41, 5.74) is 3.48. The van der Waals surface area contributed by atoms with Crippen LogP contribution in [0.1, 0.15) is 42.6 Å². The molecule has 1 fully saturated rings. The molecule has 5 heteroatoms. The summed E-state index contributed by atoms with van der Waals surface area (Å²) in [7, 11) is 0. The van der Waals surface area contributed by atoms with Crippen molar-refractivity contribution in [2.75, 3.05) is 13.2 Å². The van der Waals surface area contributed by atoms with E-state index >= 15 is 0 Å². The van der Waals surface area contributed by atoms with E-state index in [2.05, 4.69) is 10.1 Å². The zero-order chi connectivity index (χ0) is 13.4. The van der Waals surface area contributed by atoms with Crippen LogP contribution in [0.25, 0.3) is 5.65 Å². The van der Waals surface area contributed by atoms with Gasteiger partial charge in [-0.25, -0.2) is 9.50 Å². The number of nitrogens with one attached hydrogen (secondary N) is 1. The summed E-state index contributed by atoms with van der Waals surface area (Å²) in [5.74, 6) is 0.445. The molecule has 0 bridgehead atoms. The lowest BCUT2D eigenvalue weighted by molar-refractivity contribution is 0.0844. The first kappa shape index (κ1) is 12.4. The molecule has 3 heterocycles. The summed E-state index contributed by atoms with van der Waals surface area (Å²) in [4.78, 5) is 16.9. The van der Waals surface area contributed by atoms with E-state index < -0.39 is 0 Å². The first-order valence-corrected chi connectivity index (χ1v) is 6.89. The Labute approximate surface area is 111 Å². The van der Waals surface area contributed by atoms with Crippen molar-refractivity contribution in [1.29, 1.82) is 0 Å². The van der Waals surface area contributed by atoms with Gasteiger partial charge in [0, 0.05) is 42.1 Å². The summed E-state index contributed by atoms with van der Waals surface area (Å²) in [5, 5.41) is 3.22. The standard InChI is InChI=1S/C14H19N3O2/c1-3-11-9(2)15-13-8-12(16-17(13)14(11)18)10-4-6-19-7-5-10/h8,10,16H,3-7H2,1-2H3. The van der Waals surface area contributed by atoms with E-state index in [1.807, 2.05) is 19.9 Å². The van der Waals surface area contributed by atoms with Crippen molar-refractivity contribution in [3.8, 4) is 0 Å². The lowest BCUT2D eigenvalue weighted by Crippen LogP contribution is -2.21. The fourth-order valence-corrected chi connectivity index (χ4v) is 2.81. The second-order valence-electron chi connectivity index (χ2n) is 5.13. The fraction of sp³-hybridized carbons (Fsp3) is 0.571. The first-order valence-electron chi connectivity index (χ1n) is 6.89. The monoisotopic (exact) mass is 261 g/mol. The molecule has 0 aromatic carbocycles. The highest BCUT2D eigenvalue weighted by Gasteiger charge is 2.19. The zero-order valence-corrected chi connectivity index (χ0v) is 11.4. The molecule has 3 rings (SSSR count).